The quantitative estimate of drug-likeness (QED) is 0.769. The van der Waals surface area contributed by atoms with Gasteiger partial charge in [-0.3, -0.25) is 14.3 Å². The number of carbonyl (C=O) groups is 2. The summed E-state index contributed by atoms with van der Waals surface area (Å²) in [6.07, 6.45) is 6.43. The second kappa shape index (κ2) is 9.57. The SMILES string of the molecule is Cl.O=C(NC1CCN(C(=O)C2(n3cccn3)CCNCC2)CC1)c1ccc(F)cc1. The molecule has 0 unspecified atom stereocenters. The molecule has 162 valence electrons. The van der Waals surface area contributed by atoms with Crippen LogP contribution in [0.4, 0.5) is 4.39 Å². The molecule has 2 saturated heterocycles. The summed E-state index contributed by atoms with van der Waals surface area (Å²) < 4.78 is 14.9. The Morgan fingerprint density at radius 1 is 1.13 bits per heavy atom. The molecule has 0 bridgehead atoms. The molecule has 2 amide bonds. The largest absolute Gasteiger partial charge is 0.349 e. The molecule has 3 heterocycles. The summed E-state index contributed by atoms with van der Waals surface area (Å²) in [5.41, 5.74) is -0.184. The van der Waals surface area contributed by atoms with Gasteiger partial charge in [0.1, 0.15) is 11.4 Å². The van der Waals surface area contributed by atoms with E-state index >= 15 is 0 Å². The van der Waals surface area contributed by atoms with E-state index in [2.05, 4.69) is 15.7 Å². The minimum atomic E-state index is -0.626. The molecule has 2 aliphatic rings. The zero-order valence-electron chi connectivity index (χ0n) is 16.7. The Balaban J connectivity index is 0.00000256. The molecule has 0 spiro atoms. The van der Waals surface area contributed by atoms with E-state index in [1.165, 1.54) is 24.3 Å². The van der Waals surface area contributed by atoms with E-state index in [1.54, 1.807) is 6.20 Å². The molecular weight excluding hydrogens is 409 g/mol. The third-order valence-electron chi connectivity index (χ3n) is 6.00. The van der Waals surface area contributed by atoms with E-state index in [0.29, 0.717) is 31.5 Å². The zero-order valence-corrected chi connectivity index (χ0v) is 17.5. The topological polar surface area (TPSA) is 79.3 Å². The molecule has 2 aromatic rings. The number of nitrogens with zero attached hydrogens (tertiary/aromatic N) is 3. The van der Waals surface area contributed by atoms with Crippen LogP contribution in [0, 0.1) is 5.82 Å². The summed E-state index contributed by atoms with van der Waals surface area (Å²) >= 11 is 0. The Bertz CT molecular complexity index is 845. The average molecular weight is 436 g/mol. The van der Waals surface area contributed by atoms with Gasteiger partial charge in [0.2, 0.25) is 0 Å². The number of halogens is 2. The maximum atomic E-state index is 13.5. The fraction of sp³-hybridized carbons (Fsp3) is 0.476. The fourth-order valence-electron chi connectivity index (χ4n) is 4.29. The van der Waals surface area contributed by atoms with Crippen LogP contribution in [0.15, 0.2) is 42.7 Å². The monoisotopic (exact) mass is 435 g/mol. The number of rotatable bonds is 4. The highest BCUT2D eigenvalue weighted by atomic mass is 35.5. The highest BCUT2D eigenvalue weighted by molar-refractivity contribution is 5.94. The van der Waals surface area contributed by atoms with Crippen molar-refractivity contribution in [2.45, 2.75) is 37.3 Å². The molecule has 4 rings (SSSR count). The van der Waals surface area contributed by atoms with E-state index in [9.17, 15) is 14.0 Å². The first kappa shape index (κ1) is 22.2. The lowest BCUT2D eigenvalue weighted by Gasteiger charge is -2.42. The molecule has 0 radical (unpaired) electrons. The second-order valence-corrected chi connectivity index (χ2v) is 7.78. The van der Waals surface area contributed by atoms with Crippen LogP contribution in [0.5, 0.6) is 0 Å². The van der Waals surface area contributed by atoms with Crippen LogP contribution in [-0.2, 0) is 10.3 Å². The molecule has 2 fully saturated rings. The number of aromatic nitrogens is 2. The Morgan fingerprint density at radius 3 is 2.40 bits per heavy atom. The number of benzene rings is 1. The summed E-state index contributed by atoms with van der Waals surface area (Å²) in [6, 6.07) is 7.38. The Morgan fingerprint density at radius 2 is 1.80 bits per heavy atom. The molecule has 2 aliphatic heterocycles. The van der Waals surface area contributed by atoms with E-state index in [-0.39, 0.29) is 36.1 Å². The van der Waals surface area contributed by atoms with Gasteiger partial charge in [-0.05, 0) is 69.1 Å². The van der Waals surface area contributed by atoms with Gasteiger partial charge in [0.25, 0.3) is 11.8 Å². The van der Waals surface area contributed by atoms with Crippen molar-refractivity contribution in [3.05, 3.63) is 54.1 Å². The standard InChI is InChI=1S/C21H26FN5O2.ClH/c22-17-4-2-16(3-5-17)19(28)25-18-6-14-26(15-7-18)20(29)21(8-11-23-12-9-21)27-13-1-10-24-27;/h1-5,10,13,18,23H,6-9,11-12,14-15H2,(H,25,28);1H. The molecular formula is C21H27ClFN5O2. The third-order valence-corrected chi connectivity index (χ3v) is 6.00. The van der Waals surface area contributed by atoms with Crippen LogP contribution in [0.2, 0.25) is 0 Å². The molecule has 7 nitrogen and oxygen atoms in total. The number of likely N-dealkylation sites (tertiary alicyclic amines) is 1. The first-order valence-corrected chi connectivity index (χ1v) is 10.2. The summed E-state index contributed by atoms with van der Waals surface area (Å²) in [4.78, 5) is 27.7. The van der Waals surface area contributed by atoms with E-state index < -0.39 is 5.54 Å². The molecule has 1 aromatic heterocycles. The number of amides is 2. The van der Waals surface area contributed by atoms with Gasteiger partial charge in [-0.2, -0.15) is 5.10 Å². The number of piperidine rings is 2. The van der Waals surface area contributed by atoms with Gasteiger partial charge in [-0.25, -0.2) is 4.39 Å². The molecule has 2 N–H and O–H groups in total. The molecule has 1 aromatic carbocycles. The molecule has 30 heavy (non-hydrogen) atoms. The van der Waals surface area contributed by atoms with Crippen molar-refractivity contribution >= 4 is 24.2 Å². The summed E-state index contributed by atoms with van der Waals surface area (Å²) in [5, 5.41) is 10.7. The highest BCUT2D eigenvalue weighted by Crippen LogP contribution is 2.30. The molecule has 9 heteroatoms. The van der Waals surface area contributed by atoms with E-state index in [4.69, 9.17) is 0 Å². The predicted octanol–water partition coefficient (Wildman–Crippen LogP) is 1.94. The van der Waals surface area contributed by atoms with Crippen molar-refractivity contribution in [3.63, 3.8) is 0 Å². The van der Waals surface area contributed by atoms with Gasteiger partial charge >= 0.3 is 0 Å². The van der Waals surface area contributed by atoms with Crippen molar-refractivity contribution in [1.82, 2.24) is 25.3 Å². The maximum absolute atomic E-state index is 13.5. The van der Waals surface area contributed by atoms with Gasteiger partial charge in [0.05, 0.1) is 0 Å². The third kappa shape index (κ3) is 4.49. The first-order valence-electron chi connectivity index (χ1n) is 10.2. The van der Waals surface area contributed by atoms with Crippen LogP contribution in [0.1, 0.15) is 36.0 Å². The van der Waals surface area contributed by atoms with Gasteiger partial charge in [0.15, 0.2) is 0 Å². The second-order valence-electron chi connectivity index (χ2n) is 7.78. The summed E-state index contributed by atoms with van der Waals surface area (Å²) in [7, 11) is 0. The van der Waals surface area contributed by atoms with Crippen LogP contribution < -0.4 is 10.6 Å². The van der Waals surface area contributed by atoms with Crippen LogP contribution >= 0.6 is 12.4 Å². The Labute approximate surface area is 181 Å². The van der Waals surface area contributed by atoms with Gasteiger partial charge < -0.3 is 15.5 Å². The van der Waals surface area contributed by atoms with Crippen LogP contribution in [-0.4, -0.2) is 58.7 Å². The van der Waals surface area contributed by atoms with Gasteiger partial charge in [-0.15, -0.1) is 12.4 Å². The lowest BCUT2D eigenvalue weighted by atomic mass is 9.86. The van der Waals surface area contributed by atoms with Crippen LogP contribution in [0.25, 0.3) is 0 Å². The lowest BCUT2D eigenvalue weighted by Crippen LogP contribution is -2.58. The fourth-order valence-corrected chi connectivity index (χ4v) is 4.29. The molecule has 0 saturated carbocycles. The van der Waals surface area contributed by atoms with Gasteiger partial charge in [-0.1, -0.05) is 0 Å². The van der Waals surface area contributed by atoms with Crippen molar-refractivity contribution < 1.29 is 14.0 Å². The number of hydrogen-bond donors (Lipinski definition) is 2. The maximum Gasteiger partial charge on any atom is 0.251 e. The normalized spacial score (nSPS) is 19.0. The molecule has 0 atom stereocenters. The predicted molar refractivity (Wildman–Crippen MR) is 113 cm³/mol. The first-order chi connectivity index (χ1) is 14.1. The summed E-state index contributed by atoms with van der Waals surface area (Å²) in [5.74, 6) is -0.454. The smallest absolute Gasteiger partial charge is 0.251 e. The Kier molecular flexibility index (Phi) is 7.10. The van der Waals surface area contributed by atoms with Crippen molar-refractivity contribution in [3.8, 4) is 0 Å². The Hall–Kier alpha value is -2.45. The number of nitrogens with one attached hydrogen (secondary N) is 2. The number of carbonyl (C=O) groups excluding carboxylic acids is 2. The summed E-state index contributed by atoms with van der Waals surface area (Å²) in [6.45, 7) is 2.78. The zero-order chi connectivity index (χ0) is 20.3. The van der Waals surface area contributed by atoms with Crippen molar-refractivity contribution in [2.24, 2.45) is 0 Å². The minimum Gasteiger partial charge on any atom is -0.349 e. The molecule has 0 aliphatic carbocycles. The minimum absolute atomic E-state index is 0. The van der Waals surface area contributed by atoms with Crippen molar-refractivity contribution in [1.29, 1.82) is 0 Å². The van der Waals surface area contributed by atoms with E-state index in [0.717, 1.165) is 25.9 Å². The average Bonchev–Trinajstić information content (AvgIpc) is 3.30. The van der Waals surface area contributed by atoms with E-state index in [1.807, 2.05) is 21.8 Å². The highest BCUT2D eigenvalue weighted by Gasteiger charge is 2.45. The van der Waals surface area contributed by atoms with Gasteiger partial charge in [0, 0.05) is 37.1 Å². The lowest BCUT2D eigenvalue weighted by molar-refractivity contribution is -0.144. The number of hydrogen-bond acceptors (Lipinski definition) is 4. The van der Waals surface area contributed by atoms with Crippen molar-refractivity contribution in [2.75, 3.05) is 26.2 Å². The van der Waals surface area contributed by atoms with Crippen LogP contribution in [0.3, 0.4) is 0 Å².